The average Bonchev–Trinajstić information content (AvgIpc) is 2.56. The third-order valence-electron chi connectivity index (χ3n) is 2.95. The van der Waals surface area contributed by atoms with Crippen molar-refractivity contribution >= 4 is 13.3 Å². The molecule has 3 rings (SSSR count). The lowest BCUT2D eigenvalue weighted by Crippen LogP contribution is -2.01. The van der Waals surface area contributed by atoms with Crippen molar-refractivity contribution in [3.05, 3.63) is 53.6 Å². The van der Waals surface area contributed by atoms with Gasteiger partial charge in [0.15, 0.2) is 0 Å². The van der Waals surface area contributed by atoms with Crippen molar-refractivity contribution in [2.45, 2.75) is 6.42 Å². The van der Waals surface area contributed by atoms with Gasteiger partial charge in [-0.2, -0.15) is 0 Å². The third kappa shape index (κ3) is 1.02. The van der Waals surface area contributed by atoms with E-state index < -0.39 is 0 Å². The molecule has 0 fully saturated rings. The van der Waals surface area contributed by atoms with Crippen LogP contribution >= 0.6 is 0 Å². The van der Waals surface area contributed by atoms with E-state index >= 15 is 0 Å². The van der Waals surface area contributed by atoms with E-state index in [0.29, 0.717) is 0 Å². The number of fused-ring (bicyclic) bond motifs is 3. The highest BCUT2D eigenvalue weighted by Gasteiger charge is 2.16. The Morgan fingerprint density at radius 1 is 0.857 bits per heavy atom. The van der Waals surface area contributed by atoms with Crippen LogP contribution in [0, 0.1) is 0 Å². The summed E-state index contributed by atoms with van der Waals surface area (Å²) in [5.41, 5.74) is 7.14. The lowest BCUT2D eigenvalue weighted by molar-refractivity contribution is 1.26. The summed E-state index contributed by atoms with van der Waals surface area (Å²) in [5, 5.41) is 0. The van der Waals surface area contributed by atoms with Crippen molar-refractivity contribution < 1.29 is 0 Å². The van der Waals surface area contributed by atoms with Crippen LogP contribution in [0.25, 0.3) is 11.1 Å². The molecular formula is C13H11B. The van der Waals surface area contributed by atoms with Crippen molar-refractivity contribution in [2.75, 3.05) is 0 Å². The van der Waals surface area contributed by atoms with Crippen LogP contribution in [0.2, 0.25) is 0 Å². The highest BCUT2D eigenvalue weighted by Crippen LogP contribution is 2.35. The Morgan fingerprint density at radius 2 is 1.64 bits per heavy atom. The van der Waals surface area contributed by atoms with Crippen molar-refractivity contribution in [1.29, 1.82) is 0 Å². The second-order valence-electron chi connectivity index (χ2n) is 3.99. The fourth-order valence-corrected chi connectivity index (χ4v) is 2.24. The van der Waals surface area contributed by atoms with E-state index in [-0.39, 0.29) is 0 Å². The first-order valence-corrected chi connectivity index (χ1v) is 5.02. The highest BCUT2D eigenvalue weighted by atomic mass is 14.2. The van der Waals surface area contributed by atoms with Gasteiger partial charge in [-0.05, 0) is 28.7 Å². The van der Waals surface area contributed by atoms with E-state index in [1.807, 2.05) is 0 Å². The zero-order chi connectivity index (χ0) is 9.54. The van der Waals surface area contributed by atoms with Crippen LogP contribution in [0.1, 0.15) is 11.1 Å². The second-order valence-corrected chi connectivity index (χ2v) is 3.99. The first-order valence-electron chi connectivity index (χ1n) is 5.02. The normalized spacial score (nSPS) is 12.3. The number of rotatable bonds is 0. The summed E-state index contributed by atoms with van der Waals surface area (Å²) in [6, 6.07) is 15.4. The van der Waals surface area contributed by atoms with Crippen molar-refractivity contribution in [3.8, 4) is 11.1 Å². The smallest absolute Gasteiger partial charge is 0.0883 e. The van der Waals surface area contributed by atoms with Crippen LogP contribution in [0.15, 0.2) is 42.5 Å². The summed E-state index contributed by atoms with van der Waals surface area (Å²) in [6.45, 7) is 0. The summed E-state index contributed by atoms with van der Waals surface area (Å²) in [6.07, 6.45) is 1.10. The minimum atomic E-state index is 1.10. The van der Waals surface area contributed by atoms with Crippen molar-refractivity contribution in [3.63, 3.8) is 0 Å². The number of hydrogen-bond donors (Lipinski definition) is 0. The summed E-state index contributed by atoms with van der Waals surface area (Å²) >= 11 is 0. The molecule has 0 aliphatic heterocycles. The quantitative estimate of drug-likeness (QED) is 0.458. The number of benzene rings is 2. The van der Waals surface area contributed by atoms with E-state index in [1.165, 1.54) is 27.7 Å². The van der Waals surface area contributed by atoms with E-state index in [0.717, 1.165) is 6.42 Å². The molecule has 0 heterocycles. The predicted octanol–water partition coefficient (Wildman–Crippen LogP) is 1.52. The lowest BCUT2D eigenvalue weighted by atomic mass is 9.92. The van der Waals surface area contributed by atoms with Gasteiger partial charge in [-0.1, -0.05) is 47.9 Å². The van der Waals surface area contributed by atoms with Crippen LogP contribution in [-0.2, 0) is 6.42 Å². The molecule has 2 aromatic carbocycles. The standard InChI is InChI=1S/C13H11B/c14-11-6-5-10-7-9-3-1-2-4-12(9)13(10)8-11/h1-6,8H,7,14H2. The summed E-state index contributed by atoms with van der Waals surface area (Å²) in [5.74, 6) is 0. The lowest BCUT2D eigenvalue weighted by Gasteiger charge is -2.01. The molecule has 0 amide bonds. The Kier molecular flexibility index (Phi) is 1.54. The maximum Gasteiger partial charge on any atom is 0.139 e. The van der Waals surface area contributed by atoms with Gasteiger partial charge in [0.05, 0.1) is 0 Å². The molecule has 0 spiro atoms. The molecule has 0 N–H and O–H groups in total. The Labute approximate surface area is 85.0 Å². The van der Waals surface area contributed by atoms with Crippen LogP contribution < -0.4 is 5.46 Å². The maximum absolute atomic E-state index is 2.29. The third-order valence-corrected chi connectivity index (χ3v) is 2.95. The van der Waals surface area contributed by atoms with Gasteiger partial charge in [-0.15, -0.1) is 0 Å². The van der Waals surface area contributed by atoms with Gasteiger partial charge in [0.25, 0.3) is 0 Å². The number of hydrogen-bond acceptors (Lipinski definition) is 0. The molecule has 1 aliphatic rings. The van der Waals surface area contributed by atoms with E-state index in [4.69, 9.17) is 0 Å². The van der Waals surface area contributed by atoms with E-state index in [2.05, 4.69) is 50.3 Å². The molecule has 0 unspecified atom stereocenters. The molecule has 0 nitrogen and oxygen atoms in total. The molecule has 0 saturated carbocycles. The Bertz CT molecular complexity index is 500. The van der Waals surface area contributed by atoms with Crippen LogP contribution in [0.3, 0.4) is 0 Å². The SMILES string of the molecule is Bc1ccc2c(c1)-c1ccccc1C2. The second kappa shape index (κ2) is 2.75. The molecule has 0 saturated heterocycles. The van der Waals surface area contributed by atoms with Crippen molar-refractivity contribution in [2.24, 2.45) is 0 Å². The van der Waals surface area contributed by atoms with Crippen LogP contribution in [0.5, 0.6) is 0 Å². The predicted molar refractivity (Wildman–Crippen MR) is 62.9 cm³/mol. The molecule has 2 aromatic rings. The minimum Gasteiger partial charge on any atom is -0.0883 e. The summed E-state index contributed by atoms with van der Waals surface area (Å²) in [7, 11) is 2.15. The summed E-state index contributed by atoms with van der Waals surface area (Å²) in [4.78, 5) is 0. The fourth-order valence-electron chi connectivity index (χ4n) is 2.24. The van der Waals surface area contributed by atoms with Gasteiger partial charge in [0.1, 0.15) is 7.85 Å². The van der Waals surface area contributed by atoms with Gasteiger partial charge < -0.3 is 0 Å². The maximum atomic E-state index is 2.29. The molecule has 0 atom stereocenters. The van der Waals surface area contributed by atoms with Gasteiger partial charge in [0, 0.05) is 0 Å². The van der Waals surface area contributed by atoms with Crippen LogP contribution in [-0.4, -0.2) is 7.85 Å². The Balaban J connectivity index is 2.30. The molecule has 1 heteroatoms. The van der Waals surface area contributed by atoms with Gasteiger partial charge >= 0.3 is 0 Å². The van der Waals surface area contributed by atoms with E-state index in [9.17, 15) is 0 Å². The highest BCUT2D eigenvalue weighted by molar-refractivity contribution is 6.32. The van der Waals surface area contributed by atoms with Gasteiger partial charge in [-0.25, -0.2) is 0 Å². The molecule has 0 aromatic heterocycles. The van der Waals surface area contributed by atoms with Gasteiger partial charge in [-0.3, -0.25) is 0 Å². The van der Waals surface area contributed by atoms with Crippen molar-refractivity contribution in [1.82, 2.24) is 0 Å². The topological polar surface area (TPSA) is 0 Å². The Hall–Kier alpha value is -1.50. The van der Waals surface area contributed by atoms with E-state index in [1.54, 1.807) is 0 Å². The fraction of sp³-hybridized carbons (Fsp3) is 0.0769. The first kappa shape index (κ1) is 7.87. The monoisotopic (exact) mass is 178 g/mol. The van der Waals surface area contributed by atoms with Gasteiger partial charge in [0.2, 0.25) is 0 Å². The zero-order valence-electron chi connectivity index (χ0n) is 8.25. The molecule has 0 bridgehead atoms. The minimum absolute atomic E-state index is 1.10. The first-order chi connectivity index (χ1) is 6.84. The Morgan fingerprint density at radius 3 is 2.57 bits per heavy atom. The zero-order valence-corrected chi connectivity index (χ0v) is 8.25. The molecule has 14 heavy (non-hydrogen) atoms. The largest absolute Gasteiger partial charge is 0.139 e. The molecule has 1 aliphatic carbocycles. The summed E-state index contributed by atoms with van der Waals surface area (Å²) < 4.78 is 0. The van der Waals surface area contributed by atoms with Crippen LogP contribution in [0.4, 0.5) is 0 Å². The molecular weight excluding hydrogens is 167 g/mol. The molecule has 0 radical (unpaired) electrons. The average molecular weight is 178 g/mol. The molecule has 66 valence electrons.